The fourth-order valence-electron chi connectivity index (χ4n) is 2.50. The lowest BCUT2D eigenvalue weighted by Gasteiger charge is -2.19. The molecule has 0 aliphatic heterocycles. The molecule has 1 aromatic heterocycles. The molecule has 1 aromatic carbocycles. The van der Waals surface area contributed by atoms with Crippen LogP contribution in [-0.2, 0) is 6.54 Å². The van der Waals surface area contributed by atoms with Crippen LogP contribution in [0.1, 0.15) is 25.8 Å². The Morgan fingerprint density at radius 3 is 2.84 bits per heavy atom. The minimum absolute atomic E-state index is 0.932. The molecule has 3 nitrogen and oxygen atoms in total. The number of H-pyrrole nitrogens is 1. The second-order valence-electron chi connectivity index (χ2n) is 4.97. The summed E-state index contributed by atoms with van der Waals surface area (Å²) < 4.78 is 0. The Bertz CT molecular complexity index is 489. The van der Waals surface area contributed by atoms with Crippen molar-refractivity contribution in [1.29, 1.82) is 0 Å². The van der Waals surface area contributed by atoms with Crippen LogP contribution in [0.4, 0.5) is 0 Å². The molecular formula is C16H25N3. The van der Waals surface area contributed by atoms with Gasteiger partial charge in [-0.05, 0) is 36.5 Å². The Morgan fingerprint density at radius 1 is 1.16 bits per heavy atom. The maximum absolute atomic E-state index is 3.55. The summed E-state index contributed by atoms with van der Waals surface area (Å²) in [5, 5.41) is 4.84. The number of benzene rings is 1. The zero-order chi connectivity index (χ0) is 13.5. The lowest BCUT2D eigenvalue weighted by molar-refractivity contribution is 0.287. The molecule has 0 spiro atoms. The number of aromatic nitrogens is 1. The quantitative estimate of drug-likeness (QED) is 0.714. The van der Waals surface area contributed by atoms with E-state index in [4.69, 9.17) is 0 Å². The summed E-state index contributed by atoms with van der Waals surface area (Å²) in [6.45, 7) is 9.92. The van der Waals surface area contributed by atoms with Gasteiger partial charge in [0.15, 0.2) is 0 Å². The number of likely N-dealkylation sites (N-methyl/N-ethyl adjacent to an activating group) is 1. The van der Waals surface area contributed by atoms with Gasteiger partial charge in [-0.3, -0.25) is 0 Å². The molecule has 0 aliphatic carbocycles. The normalized spacial score (nSPS) is 11.5. The van der Waals surface area contributed by atoms with Gasteiger partial charge in [0.2, 0.25) is 0 Å². The molecule has 2 rings (SSSR count). The first-order valence-electron chi connectivity index (χ1n) is 7.33. The molecule has 0 aliphatic rings. The molecule has 0 fully saturated rings. The van der Waals surface area contributed by atoms with E-state index in [1.807, 2.05) is 6.20 Å². The topological polar surface area (TPSA) is 31.1 Å². The Labute approximate surface area is 116 Å². The van der Waals surface area contributed by atoms with Crippen LogP contribution >= 0.6 is 0 Å². The smallest absolute Gasteiger partial charge is 0.0499 e. The van der Waals surface area contributed by atoms with Gasteiger partial charge in [-0.15, -0.1) is 0 Å². The van der Waals surface area contributed by atoms with Crippen molar-refractivity contribution < 1.29 is 0 Å². The van der Waals surface area contributed by atoms with Gasteiger partial charge < -0.3 is 15.2 Å². The number of nitrogens with one attached hydrogen (secondary N) is 2. The fourth-order valence-corrected chi connectivity index (χ4v) is 2.50. The fraction of sp³-hybridized carbons (Fsp3) is 0.500. The van der Waals surface area contributed by atoms with Crippen LogP contribution in [0.3, 0.4) is 0 Å². The molecule has 2 aromatic rings. The molecule has 0 unspecified atom stereocenters. The van der Waals surface area contributed by atoms with Crippen molar-refractivity contribution >= 4 is 10.9 Å². The number of hydrogen-bond acceptors (Lipinski definition) is 2. The van der Waals surface area contributed by atoms with Crippen LogP contribution < -0.4 is 5.32 Å². The van der Waals surface area contributed by atoms with E-state index >= 15 is 0 Å². The summed E-state index contributed by atoms with van der Waals surface area (Å²) in [7, 11) is 0. The summed E-state index contributed by atoms with van der Waals surface area (Å²) in [6, 6.07) is 8.59. The predicted molar refractivity (Wildman–Crippen MR) is 82.4 cm³/mol. The number of fused-ring (bicyclic) bond motifs is 1. The van der Waals surface area contributed by atoms with E-state index in [1.165, 1.54) is 29.4 Å². The van der Waals surface area contributed by atoms with Gasteiger partial charge in [0, 0.05) is 31.3 Å². The van der Waals surface area contributed by atoms with Crippen LogP contribution in [0.15, 0.2) is 30.5 Å². The third-order valence-electron chi connectivity index (χ3n) is 3.58. The number of aromatic amines is 1. The molecule has 3 heteroatoms. The molecule has 0 amide bonds. The minimum atomic E-state index is 0.932. The second-order valence-corrected chi connectivity index (χ2v) is 4.97. The zero-order valence-corrected chi connectivity index (χ0v) is 12.1. The van der Waals surface area contributed by atoms with Crippen LogP contribution in [0.5, 0.6) is 0 Å². The van der Waals surface area contributed by atoms with Crippen molar-refractivity contribution in [3.63, 3.8) is 0 Å². The van der Waals surface area contributed by atoms with Crippen LogP contribution in [0.25, 0.3) is 10.9 Å². The van der Waals surface area contributed by atoms with Crippen molar-refractivity contribution in [2.75, 3.05) is 26.2 Å². The maximum atomic E-state index is 3.55. The number of para-hydroxylation sites is 1. The Morgan fingerprint density at radius 2 is 2.05 bits per heavy atom. The molecule has 2 N–H and O–H groups in total. The Kier molecular flexibility index (Phi) is 5.43. The van der Waals surface area contributed by atoms with Gasteiger partial charge in [0.25, 0.3) is 0 Å². The molecule has 0 atom stereocenters. The summed E-state index contributed by atoms with van der Waals surface area (Å²) >= 11 is 0. The lowest BCUT2D eigenvalue weighted by Crippen LogP contribution is -2.32. The second kappa shape index (κ2) is 7.31. The first-order valence-corrected chi connectivity index (χ1v) is 7.33. The molecule has 0 bridgehead atoms. The van der Waals surface area contributed by atoms with Crippen molar-refractivity contribution in [2.45, 2.75) is 26.8 Å². The Balaban J connectivity index is 1.81. The maximum Gasteiger partial charge on any atom is 0.0499 e. The van der Waals surface area contributed by atoms with E-state index in [1.54, 1.807) is 0 Å². The van der Waals surface area contributed by atoms with E-state index < -0.39 is 0 Å². The molecule has 19 heavy (non-hydrogen) atoms. The van der Waals surface area contributed by atoms with Gasteiger partial charge in [-0.25, -0.2) is 0 Å². The number of nitrogens with zero attached hydrogens (tertiary/aromatic N) is 1. The predicted octanol–water partition coefficient (Wildman–Crippen LogP) is 2.99. The van der Waals surface area contributed by atoms with Gasteiger partial charge in [-0.1, -0.05) is 32.0 Å². The van der Waals surface area contributed by atoms with E-state index in [9.17, 15) is 0 Å². The first kappa shape index (κ1) is 14.1. The monoisotopic (exact) mass is 259 g/mol. The van der Waals surface area contributed by atoms with E-state index in [0.717, 1.165) is 26.2 Å². The molecule has 0 radical (unpaired) electrons. The Hall–Kier alpha value is -1.32. The summed E-state index contributed by atoms with van der Waals surface area (Å²) in [5.41, 5.74) is 2.61. The van der Waals surface area contributed by atoms with Crippen LogP contribution in [0, 0.1) is 0 Å². The van der Waals surface area contributed by atoms with Crippen LogP contribution in [-0.4, -0.2) is 36.1 Å². The summed E-state index contributed by atoms with van der Waals surface area (Å²) in [4.78, 5) is 5.81. The molecule has 1 heterocycles. The number of hydrogen-bond donors (Lipinski definition) is 2. The molecular weight excluding hydrogens is 234 g/mol. The van der Waals surface area contributed by atoms with Crippen molar-refractivity contribution in [3.05, 3.63) is 36.0 Å². The van der Waals surface area contributed by atoms with E-state index in [0.29, 0.717) is 0 Å². The van der Waals surface area contributed by atoms with E-state index in [2.05, 4.69) is 53.3 Å². The largest absolute Gasteiger partial charge is 0.361 e. The average Bonchev–Trinajstić information content (AvgIpc) is 2.91. The van der Waals surface area contributed by atoms with Crippen molar-refractivity contribution in [1.82, 2.24) is 15.2 Å². The van der Waals surface area contributed by atoms with Gasteiger partial charge in [-0.2, -0.15) is 0 Å². The van der Waals surface area contributed by atoms with E-state index in [-0.39, 0.29) is 0 Å². The third kappa shape index (κ3) is 3.82. The van der Waals surface area contributed by atoms with Gasteiger partial charge in [0.05, 0.1) is 0 Å². The number of rotatable bonds is 8. The molecule has 0 saturated heterocycles. The first-order chi connectivity index (χ1) is 9.35. The summed E-state index contributed by atoms with van der Waals surface area (Å²) in [6.07, 6.45) is 3.24. The standard InChI is InChI=1S/C16H25N3/c1-3-11-19(4-2)12-10-17-13-15-7-5-6-14-8-9-18-16(14)15/h5-9,17-18H,3-4,10-13H2,1-2H3. The van der Waals surface area contributed by atoms with Gasteiger partial charge >= 0.3 is 0 Å². The highest BCUT2D eigenvalue weighted by Gasteiger charge is 2.02. The van der Waals surface area contributed by atoms with Crippen LogP contribution in [0.2, 0.25) is 0 Å². The minimum Gasteiger partial charge on any atom is -0.361 e. The SMILES string of the molecule is CCCN(CC)CCNCc1cccc2cc[nH]c12. The molecule has 0 saturated carbocycles. The average molecular weight is 259 g/mol. The third-order valence-corrected chi connectivity index (χ3v) is 3.58. The lowest BCUT2D eigenvalue weighted by atomic mass is 10.1. The highest BCUT2D eigenvalue weighted by molar-refractivity contribution is 5.82. The molecule has 104 valence electrons. The van der Waals surface area contributed by atoms with Crippen molar-refractivity contribution in [2.24, 2.45) is 0 Å². The summed E-state index contributed by atoms with van der Waals surface area (Å²) in [5.74, 6) is 0. The highest BCUT2D eigenvalue weighted by Crippen LogP contribution is 2.16. The highest BCUT2D eigenvalue weighted by atomic mass is 15.1. The zero-order valence-electron chi connectivity index (χ0n) is 12.1. The van der Waals surface area contributed by atoms with Crippen molar-refractivity contribution in [3.8, 4) is 0 Å². The van der Waals surface area contributed by atoms with Gasteiger partial charge in [0.1, 0.15) is 0 Å².